The highest BCUT2D eigenvalue weighted by Crippen LogP contribution is 2.40. The van der Waals surface area contributed by atoms with E-state index in [1.165, 1.54) is 0 Å². The van der Waals surface area contributed by atoms with Crippen molar-refractivity contribution >= 4 is 11.6 Å². The Kier molecular flexibility index (Phi) is 3.43. The molecule has 1 aromatic heterocycles. The van der Waals surface area contributed by atoms with E-state index in [0.29, 0.717) is 28.6 Å². The second kappa shape index (κ2) is 5.02. The highest BCUT2D eigenvalue weighted by molar-refractivity contribution is 6.30. The predicted molar refractivity (Wildman–Crippen MR) is 78.2 cm³/mol. The first-order chi connectivity index (χ1) is 9.85. The molecule has 5 nitrogen and oxygen atoms in total. The zero-order valence-electron chi connectivity index (χ0n) is 12.1. The van der Waals surface area contributed by atoms with Crippen LogP contribution in [0.1, 0.15) is 36.8 Å². The van der Waals surface area contributed by atoms with Crippen LogP contribution in [0.5, 0.6) is 5.75 Å². The molecule has 0 saturated carbocycles. The quantitative estimate of drug-likeness (QED) is 0.927. The van der Waals surface area contributed by atoms with Crippen molar-refractivity contribution in [3.05, 3.63) is 46.5 Å². The number of aryl methyl sites for hydroxylation is 1. The summed E-state index contributed by atoms with van der Waals surface area (Å²) in [5, 5.41) is 11.1. The summed E-state index contributed by atoms with van der Waals surface area (Å²) in [6.45, 7) is 4.06. The number of aromatic nitrogens is 2. The number of benzene rings is 1. The Bertz CT molecular complexity index is 682. The van der Waals surface area contributed by atoms with Gasteiger partial charge in [0.15, 0.2) is 0 Å². The first-order valence-electron chi connectivity index (χ1n) is 6.67. The molecule has 112 valence electrons. The molecule has 2 heterocycles. The van der Waals surface area contributed by atoms with Crippen molar-refractivity contribution in [1.29, 1.82) is 0 Å². The Morgan fingerprint density at radius 1 is 1.43 bits per heavy atom. The molecule has 2 aromatic rings. The van der Waals surface area contributed by atoms with Crippen molar-refractivity contribution < 1.29 is 14.6 Å². The summed E-state index contributed by atoms with van der Waals surface area (Å²) in [5.41, 5.74) is 1.98. The third-order valence-corrected chi connectivity index (χ3v) is 3.60. The topological polar surface area (TPSA) is 56.5 Å². The molecule has 0 radical (unpaired) electrons. The van der Waals surface area contributed by atoms with E-state index in [-0.39, 0.29) is 0 Å². The van der Waals surface area contributed by atoms with E-state index in [1.54, 1.807) is 29.2 Å². The molecular weight excluding hydrogens is 292 g/mol. The Labute approximate surface area is 128 Å². The molecule has 1 atom stereocenters. The van der Waals surface area contributed by atoms with Crippen molar-refractivity contribution in [3.63, 3.8) is 0 Å². The van der Waals surface area contributed by atoms with E-state index in [1.807, 2.05) is 20.9 Å². The molecule has 1 aliphatic rings. The second-order valence-electron chi connectivity index (χ2n) is 5.64. The lowest BCUT2D eigenvalue weighted by Crippen LogP contribution is -2.36. The number of imidazole rings is 1. The van der Waals surface area contributed by atoms with Crippen LogP contribution in [0.15, 0.2) is 24.7 Å². The fourth-order valence-electron chi connectivity index (χ4n) is 2.37. The minimum absolute atomic E-state index is 0.394. The summed E-state index contributed by atoms with van der Waals surface area (Å²) in [5.74, 6) is -0.117. The van der Waals surface area contributed by atoms with Gasteiger partial charge in [-0.1, -0.05) is 11.6 Å². The van der Waals surface area contributed by atoms with Crippen molar-refractivity contribution in [2.24, 2.45) is 7.05 Å². The summed E-state index contributed by atoms with van der Waals surface area (Å²) >= 11 is 6.14. The Morgan fingerprint density at radius 3 is 2.86 bits per heavy atom. The highest BCUT2D eigenvalue weighted by Gasteiger charge is 2.31. The van der Waals surface area contributed by atoms with Crippen LogP contribution in [0.4, 0.5) is 0 Å². The van der Waals surface area contributed by atoms with Crippen molar-refractivity contribution in [3.8, 4) is 5.75 Å². The highest BCUT2D eigenvalue weighted by atomic mass is 35.5. The number of halogens is 1. The number of nitrogens with zero attached hydrogens (tertiary/aromatic N) is 2. The standard InChI is InChI=1S/C15H17ClN2O3/c1-15(2)20-7-9-4-10(16)5-11(14(9)21-15)13(19)12-6-18(3)8-17-12/h4-6,8,13,19H,7H2,1-3H3. The molecule has 6 heteroatoms. The molecule has 1 N–H and O–H groups in total. The zero-order chi connectivity index (χ0) is 15.2. The third-order valence-electron chi connectivity index (χ3n) is 3.38. The Morgan fingerprint density at radius 2 is 2.19 bits per heavy atom. The minimum atomic E-state index is -0.896. The van der Waals surface area contributed by atoms with Crippen LogP contribution in [0.2, 0.25) is 5.02 Å². The van der Waals surface area contributed by atoms with Gasteiger partial charge in [0, 0.05) is 43.2 Å². The monoisotopic (exact) mass is 308 g/mol. The molecule has 0 saturated heterocycles. The van der Waals surface area contributed by atoms with Crippen LogP contribution in [-0.4, -0.2) is 20.4 Å². The van der Waals surface area contributed by atoms with Gasteiger partial charge in [-0.3, -0.25) is 0 Å². The summed E-state index contributed by atoms with van der Waals surface area (Å²) in [6, 6.07) is 3.50. The SMILES string of the molecule is Cn1cnc(C(O)c2cc(Cl)cc3c2OC(C)(C)OC3)c1. The molecule has 1 unspecified atom stereocenters. The predicted octanol–water partition coefficient (Wildman–Crippen LogP) is 2.80. The number of aliphatic hydroxyl groups is 1. The van der Waals surface area contributed by atoms with Gasteiger partial charge in [-0.15, -0.1) is 0 Å². The molecule has 0 aliphatic carbocycles. The van der Waals surface area contributed by atoms with Gasteiger partial charge in [0.1, 0.15) is 11.9 Å². The Balaban J connectivity index is 2.08. The largest absolute Gasteiger partial charge is 0.462 e. The van der Waals surface area contributed by atoms with Gasteiger partial charge in [-0.2, -0.15) is 0 Å². The summed E-state index contributed by atoms with van der Waals surface area (Å²) in [7, 11) is 1.85. The van der Waals surface area contributed by atoms with Crippen LogP contribution >= 0.6 is 11.6 Å². The van der Waals surface area contributed by atoms with E-state index >= 15 is 0 Å². The lowest BCUT2D eigenvalue weighted by atomic mass is 10.0. The summed E-state index contributed by atoms with van der Waals surface area (Å²) < 4.78 is 13.3. The molecular formula is C15H17ClN2O3. The second-order valence-corrected chi connectivity index (χ2v) is 6.08. The van der Waals surface area contributed by atoms with Crippen LogP contribution in [-0.2, 0) is 18.4 Å². The lowest BCUT2D eigenvalue weighted by molar-refractivity contribution is -0.180. The first kappa shape index (κ1) is 14.4. The molecule has 1 aliphatic heterocycles. The molecule has 0 amide bonds. The van der Waals surface area contributed by atoms with Gasteiger partial charge in [0.05, 0.1) is 18.6 Å². The number of fused-ring (bicyclic) bond motifs is 1. The van der Waals surface area contributed by atoms with Crippen LogP contribution in [0, 0.1) is 0 Å². The maximum atomic E-state index is 10.6. The number of rotatable bonds is 2. The number of aliphatic hydroxyl groups excluding tert-OH is 1. The minimum Gasteiger partial charge on any atom is -0.462 e. The van der Waals surface area contributed by atoms with Gasteiger partial charge in [-0.05, 0) is 12.1 Å². The van der Waals surface area contributed by atoms with Crippen molar-refractivity contribution in [2.75, 3.05) is 0 Å². The van der Waals surface area contributed by atoms with Gasteiger partial charge in [0.2, 0.25) is 5.79 Å². The molecule has 0 bridgehead atoms. The number of hydrogen-bond acceptors (Lipinski definition) is 4. The van der Waals surface area contributed by atoms with Gasteiger partial charge in [-0.25, -0.2) is 4.98 Å². The lowest BCUT2D eigenvalue weighted by Gasteiger charge is -2.34. The van der Waals surface area contributed by atoms with E-state index in [0.717, 1.165) is 5.56 Å². The van der Waals surface area contributed by atoms with E-state index in [9.17, 15) is 5.11 Å². The Hall–Kier alpha value is -1.56. The molecule has 0 fully saturated rings. The maximum Gasteiger partial charge on any atom is 0.205 e. The molecule has 3 rings (SSSR count). The number of ether oxygens (including phenoxy) is 2. The number of hydrogen-bond donors (Lipinski definition) is 1. The van der Waals surface area contributed by atoms with Crippen molar-refractivity contribution in [2.45, 2.75) is 32.3 Å². The van der Waals surface area contributed by atoms with E-state index in [4.69, 9.17) is 21.1 Å². The van der Waals surface area contributed by atoms with Crippen LogP contribution in [0.3, 0.4) is 0 Å². The first-order valence-corrected chi connectivity index (χ1v) is 7.05. The van der Waals surface area contributed by atoms with Gasteiger partial charge in [0.25, 0.3) is 0 Å². The average Bonchev–Trinajstić information content (AvgIpc) is 2.84. The molecule has 21 heavy (non-hydrogen) atoms. The fraction of sp³-hybridized carbons (Fsp3) is 0.400. The molecule has 0 spiro atoms. The summed E-state index contributed by atoms with van der Waals surface area (Å²) in [4.78, 5) is 4.19. The maximum absolute atomic E-state index is 10.6. The normalized spacial score (nSPS) is 18.0. The fourth-order valence-corrected chi connectivity index (χ4v) is 2.62. The van der Waals surface area contributed by atoms with Crippen LogP contribution < -0.4 is 4.74 Å². The summed E-state index contributed by atoms with van der Waals surface area (Å²) in [6.07, 6.45) is 2.51. The average molecular weight is 309 g/mol. The third kappa shape index (κ3) is 2.77. The smallest absolute Gasteiger partial charge is 0.205 e. The van der Waals surface area contributed by atoms with Crippen molar-refractivity contribution in [1.82, 2.24) is 9.55 Å². The molecule has 1 aromatic carbocycles. The van der Waals surface area contributed by atoms with Gasteiger partial charge < -0.3 is 19.1 Å². The van der Waals surface area contributed by atoms with E-state index < -0.39 is 11.9 Å². The zero-order valence-corrected chi connectivity index (χ0v) is 12.9. The van der Waals surface area contributed by atoms with Crippen LogP contribution in [0.25, 0.3) is 0 Å². The van der Waals surface area contributed by atoms with Gasteiger partial charge >= 0.3 is 0 Å². The van der Waals surface area contributed by atoms with E-state index in [2.05, 4.69) is 4.98 Å².